The first-order valence-corrected chi connectivity index (χ1v) is 5.67. The molecule has 0 aliphatic heterocycles. The van der Waals surface area contributed by atoms with Gasteiger partial charge in [0.15, 0.2) is 5.82 Å². The summed E-state index contributed by atoms with van der Waals surface area (Å²) in [6.07, 6.45) is 3.09. The highest BCUT2D eigenvalue weighted by Gasteiger charge is 2.07. The average molecular weight is 210 g/mol. The molecule has 0 fully saturated rings. The van der Waals surface area contributed by atoms with Crippen molar-refractivity contribution in [1.29, 1.82) is 0 Å². The lowest BCUT2D eigenvalue weighted by Gasteiger charge is -1.98. The van der Waals surface area contributed by atoms with Crippen molar-refractivity contribution in [2.75, 3.05) is 13.6 Å². The summed E-state index contributed by atoms with van der Waals surface area (Å²) in [5.74, 6) is 2.70. The fraction of sp³-hybridized carbons (Fsp3) is 0.818. The van der Waals surface area contributed by atoms with Gasteiger partial charge < -0.3 is 5.32 Å². The molecule has 1 aromatic rings. The van der Waals surface area contributed by atoms with Crippen LogP contribution in [0.1, 0.15) is 31.9 Å². The van der Waals surface area contributed by atoms with E-state index in [1.807, 2.05) is 18.8 Å². The molecule has 0 bridgehead atoms. The molecule has 15 heavy (non-hydrogen) atoms. The van der Waals surface area contributed by atoms with E-state index in [0.717, 1.165) is 37.5 Å². The minimum absolute atomic E-state index is 0.623. The van der Waals surface area contributed by atoms with Crippen LogP contribution in [0.5, 0.6) is 0 Å². The lowest BCUT2D eigenvalue weighted by molar-refractivity contribution is 0.610. The summed E-state index contributed by atoms with van der Waals surface area (Å²) >= 11 is 0. The lowest BCUT2D eigenvalue weighted by Crippen LogP contribution is -2.10. The molecule has 1 N–H and O–H groups in total. The van der Waals surface area contributed by atoms with Gasteiger partial charge in [-0.2, -0.15) is 5.10 Å². The molecular weight excluding hydrogens is 188 g/mol. The Hall–Kier alpha value is -0.900. The number of hydrogen-bond donors (Lipinski definition) is 1. The van der Waals surface area contributed by atoms with Crippen LogP contribution in [-0.2, 0) is 19.9 Å². The van der Waals surface area contributed by atoms with Crippen molar-refractivity contribution in [2.45, 2.75) is 33.1 Å². The molecule has 1 aromatic heterocycles. The lowest BCUT2D eigenvalue weighted by atomic mass is 10.1. The molecule has 0 aliphatic rings. The molecule has 1 rings (SSSR count). The summed E-state index contributed by atoms with van der Waals surface area (Å²) < 4.78 is 1.91. The normalized spacial score (nSPS) is 11.3. The minimum atomic E-state index is 0.623. The first-order chi connectivity index (χ1) is 7.13. The van der Waals surface area contributed by atoms with Crippen molar-refractivity contribution in [3.05, 3.63) is 11.6 Å². The SMILES string of the molecule is CNCCCc1nc(CC(C)C)nn1C. The molecule has 1 heterocycles. The zero-order valence-corrected chi connectivity index (χ0v) is 10.2. The molecule has 0 saturated carbocycles. The first-order valence-electron chi connectivity index (χ1n) is 5.67. The number of nitrogens with one attached hydrogen (secondary N) is 1. The predicted molar refractivity (Wildman–Crippen MR) is 61.8 cm³/mol. The minimum Gasteiger partial charge on any atom is -0.320 e. The van der Waals surface area contributed by atoms with E-state index in [9.17, 15) is 0 Å². The van der Waals surface area contributed by atoms with Crippen molar-refractivity contribution in [2.24, 2.45) is 13.0 Å². The van der Waals surface area contributed by atoms with Gasteiger partial charge in [-0.25, -0.2) is 4.98 Å². The molecule has 86 valence electrons. The van der Waals surface area contributed by atoms with Crippen LogP contribution in [0.3, 0.4) is 0 Å². The fourth-order valence-electron chi connectivity index (χ4n) is 1.57. The summed E-state index contributed by atoms with van der Waals surface area (Å²) in [7, 11) is 3.95. The molecule has 0 atom stereocenters. The van der Waals surface area contributed by atoms with Gasteiger partial charge in [0.05, 0.1) is 0 Å². The zero-order valence-electron chi connectivity index (χ0n) is 10.2. The van der Waals surface area contributed by atoms with Gasteiger partial charge in [0.2, 0.25) is 0 Å². The van der Waals surface area contributed by atoms with Crippen LogP contribution in [0, 0.1) is 5.92 Å². The Bertz CT molecular complexity index is 291. The molecule has 0 amide bonds. The average Bonchev–Trinajstić information content (AvgIpc) is 2.46. The number of aromatic nitrogens is 3. The largest absolute Gasteiger partial charge is 0.320 e. The second-order valence-corrected chi connectivity index (χ2v) is 4.37. The van der Waals surface area contributed by atoms with Crippen LogP contribution in [0.2, 0.25) is 0 Å². The summed E-state index contributed by atoms with van der Waals surface area (Å²) in [4.78, 5) is 4.55. The highest BCUT2D eigenvalue weighted by molar-refractivity contribution is 4.93. The smallest absolute Gasteiger partial charge is 0.151 e. The Balaban J connectivity index is 2.53. The van der Waals surface area contributed by atoms with Crippen LogP contribution < -0.4 is 5.32 Å². The van der Waals surface area contributed by atoms with E-state index in [0.29, 0.717) is 5.92 Å². The molecule has 0 radical (unpaired) electrons. The number of nitrogens with zero attached hydrogens (tertiary/aromatic N) is 3. The first kappa shape index (κ1) is 12.2. The van der Waals surface area contributed by atoms with Crippen molar-refractivity contribution < 1.29 is 0 Å². The third-order valence-electron chi connectivity index (χ3n) is 2.32. The van der Waals surface area contributed by atoms with Crippen LogP contribution in [0.25, 0.3) is 0 Å². The van der Waals surface area contributed by atoms with Gasteiger partial charge in [-0.05, 0) is 25.9 Å². The number of aryl methyl sites for hydroxylation is 2. The molecule has 0 aromatic carbocycles. The summed E-state index contributed by atoms with van der Waals surface area (Å²) in [6.45, 7) is 5.42. The van der Waals surface area contributed by atoms with Crippen LogP contribution in [0.15, 0.2) is 0 Å². The quantitative estimate of drug-likeness (QED) is 0.717. The Kier molecular flexibility index (Phi) is 4.75. The maximum Gasteiger partial charge on any atom is 0.151 e. The Morgan fingerprint density at radius 2 is 2.13 bits per heavy atom. The molecular formula is C11H22N4. The van der Waals surface area contributed by atoms with E-state index in [1.165, 1.54) is 0 Å². The summed E-state index contributed by atoms with van der Waals surface area (Å²) in [5, 5.41) is 7.55. The van der Waals surface area contributed by atoms with E-state index < -0.39 is 0 Å². The third-order valence-corrected chi connectivity index (χ3v) is 2.32. The predicted octanol–water partition coefficient (Wildman–Crippen LogP) is 1.17. The molecule has 0 unspecified atom stereocenters. The zero-order chi connectivity index (χ0) is 11.3. The van der Waals surface area contributed by atoms with Crippen molar-refractivity contribution >= 4 is 0 Å². The number of hydrogen-bond acceptors (Lipinski definition) is 3. The second-order valence-electron chi connectivity index (χ2n) is 4.37. The van der Waals surface area contributed by atoms with Crippen molar-refractivity contribution in [3.8, 4) is 0 Å². The maximum absolute atomic E-state index is 4.55. The monoisotopic (exact) mass is 210 g/mol. The van der Waals surface area contributed by atoms with Crippen LogP contribution in [-0.4, -0.2) is 28.4 Å². The Morgan fingerprint density at radius 3 is 2.73 bits per heavy atom. The van der Waals surface area contributed by atoms with E-state index in [2.05, 4.69) is 29.2 Å². The van der Waals surface area contributed by atoms with E-state index >= 15 is 0 Å². The van der Waals surface area contributed by atoms with E-state index in [1.54, 1.807) is 0 Å². The van der Waals surface area contributed by atoms with Crippen molar-refractivity contribution in [3.63, 3.8) is 0 Å². The molecule has 4 nitrogen and oxygen atoms in total. The summed E-state index contributed by atoms with van der Waals surface area (Å²) in [5.41, 5.74) is 0. The van der Waals surface area contributed by atoms with Gasteiger partial charge in [0.1, 0.15) is 5.82 Å². The van der Waals surface area contributed by atoms with E-state index in [-0.39, 0.29) is 0 Å². The topological polar surface area (TPSA) is 42.7 Å². The number of rotatable bonds is 6. The van der Waals surface area contributed by atoms with Crippen LogP contribution >= 0.6 is 0 Å². The molecule has 4 heteroatoms. The van der Waals surface area contributed by atoms with Crippen molar-refractivity contribution in [1.82, 2.24) is 20.1 Å². The fourth-order valence-corrected chi connectivity index (χ4v) is 1.57. The molecule has 0 aliphatic carbocycles. The Labute approximate surface area is 92.1 Å². The standard InChI is InChI=1S/C11H22N4/c1-9(2)8-10-13-11(15(4)14-10)6-5-7-12-3/h9,12H,5-8H2,1-4H3. The summed E-state index contributed by atoms with van der Waals surface area (Å²) in [6, 6.07) is 0. The maximum atomic E-state index is 4.55. The third kappa shape index (κ3) is 4.00. The van der Waals surface area contributed by atoms with Gasteiger partial charge in [0.25, 0.3) is 0 Å². The molecule has 0 saturated heterocycles. The van der Waals surface area contributed by atoms with Crippen LogP contribution in [0.4, 0.5) is 0 Å². The van der Waals surface area contributed by atoms with Gasteiger partial charge >= 0.3 is 0 Å². The highest BCUT2D eigenvalue weighted by Crippen LogP contribution is 2.05. The van der Waals surface area contributed by atoms with Gasteiger partial charge in [-0.1, -0.05) is 13.8 Å². The van der Waals surface area contributed by atoms with Gasteiger partial charge in [-0.15, -0.1) is 0 Å². The van der Waals surface area contributed by atoms with Gasteiger partial charge in [0, 0.05) is 19.9 Å². The highest BCUT2D eigenvalue weighted by atomic mass is 15.3. The molecule has 0 spiro atoms. The van der Waals surface area contributed by atoms with E-state index in [4.69, 9.17) is 0 Å². The second kappa shape index (κ2) is 5.85. The van der Waals surface area contributed by atoms with Gasteiger partial charge in [-0.3, -0.25) is 4.68 Å². The Morgan fingerprint density at radius 1 is 1.40 bits per heavy atom.